The van der Waals surface area contributed by atoms with Gasteiger partial charge in [0.05, 0.1) is 11.3 Å². The molecule has 1 aromatic heterocycles. The summed E-state index contributed by atoms with van der Waals surface area (Å²) in [4.78, 5) is 25.8. The fourth-order valence-electron chi connectivity index (χ4n) is 3.41. The lowest BCUT2D eigenvalue weighted by molar-refractivity contribution is -0.127. The lowest BCUT2D eigenvalue weighted by Gasteiger charge is -2.17. The van der Waals surface area contributed by atoms with Crippen LogP contribution in [0.4, 0.5) is 4.39 Å². The third-order valence-electron chi connectivity index (χ3n) is 5.14. The van der Waals surface area contributed by atoms with Gasteiger partial charge in [-0.3, -0.25) is 14.2 Å². The van der Waals surface area contributed by atoms with E-state index < -0.39 is 11.7 Å². The second kappa shape index (κ2) is 10.3. The largest absolute Gasteiger partial charge is 0.366 e. The lowest BCUT2D eigenvalue weighted by atomic mass is 10.1. The van der Waals surface area contributed by atoms with Crippen molar-refractivity contribution in [3.05, 3.63) is 95.8 Å². The zero-order valence-electron chi connectivity index (χ0n) is 18.4. The highest BCUT2D eigenvalue weighted by Crippen LogP contribution is 2.29. The quantitative estimate of drug-likeness (QED) is 0.390. The van der Waals surface area contributed by atoms with Crippen LogP contribution in [-0.2, 0) is 11.3 Å². The highest BCUT2D eigenvalue weighted by molar-refractivity contribution is 7.99. The van der Waals surface area contributed by atoms with Crippen LogP contribution in [0.5, 0.6) is 0 Å². The van der Waals surface area contributed by atoms with Crippen LogP contribution in [0.25, 0.3) is 17.1 Å². The van der Waals surface area contributed by atoms with Crippen molar-refractivity contribution in [3.63, 3.8) is 0 Å². The summed E-state index contributed by atoms with van der Waals surface area (Å²) in [6.45, 7) is 0.326. The monoisotopic (exact) mass is 475 g/mol. The van der Waals surface area contributed by atoms with Crippen LogP contribution in [0.3, 0.4) is 0 Å². The third kappa shape index (κ3) is 5.15. The normalized spacial score (nSPS) is 10.8. The van der Waals surface area contributed by atoms with Crippen molar-refractivity contribution in [2.45, 2.75) is 11.7 Å². The van der Waals surface area contributed by atoms with Crippen LogP contribution in [0.2, 0.25) is 0 Å². The predicted octanol–water partition coefficient (Wildman–Crippen LogP) is 3.92. The average molecular weight is 476 g/mol. The van der Waals surface area contributed by atoms with Gasteiger partial charge in [0, 0.05) is 24.8 Å². The van der Waals surface area contributed by atoms with E-state index in [1.807, 2.05) is 36.4 Å². The van der Waals surface area contributed by atoms with Gasteiger partial charge in [0.2, 0.25) is 11.8 Å². The molecule has 3 aromatic carbocycles. The van der Waals surface area contributed by atoms with Gasteiger partial charge in [-0.1, -0.05) is 54.2 Å². The Morgan fingerprint density at radius 2 is 1.74 bits per heavy atom. The second-order valence-corrected chi connectivity index (χ2v) is 8.50. The van der Waals surface area contributed by atoms with Crippen molar-refractivity contribution >= 4 is 23.6 Å². The second-order valence-electron chi connectivity index (χ2n) is 7.56. The van der Waals surface area contributed by atoms with Crippen LogP contribution in [-0.4, -0.2) is 44.3 Å². The van der Waals surface area contributed by atoms with E-state index in [1.165, 1.54) is 17.8 Å². The molecule has 1 heterocycles. The number of carbonyl (C=O) groups is 2. The van der Waals surface area contributed by atoms with E-state index in [9.17, 15) is 14.0 Å². The van der Waals surface area contributed by atoms with Crippen molar-refractivity contribution in [2.75, 3.05) is 12.8 Å². The summed E-state index contributed by atoms with van der Waals surface area (Å²) in [6, 6.07) is 22.6. The molecule has 2 N–H and O–H groups in total. The maximum Gasteiger partial charge on any atom is 0.248 e. The van der Waals surface area contributed by atoms with E-state index in [0.717, 1.165) is 11.3 Å². The number of thioether (sulfide) groups is 1. The number of halogens is 1. The summed E-state index contributed by atoms with van der Waals surface area (Å²) in [5.41, 5.74) is 7.61. The molecule has 9 heteroatoms. The van der Waals surface area contributed by atoms with E-state index in [1.54, 1.807) is 52.9 Å². The number of amides is 2. The number of nitrogens with zero attached hydrogens (tertiary/aromatic N) is 4. The summed E-state index contributed by atoms with van der Waals surface area (Å²) < 4.78 is 16.3. The number of hydrogen-bond donors (Lipinski definition) is 1. The molecular weight excluding hydrogens is 453 g/mol. The molecule has 0 radical (unpaired) electrons. The van der Waals surface area contributed by atoms with Gasteiger partial charge in [0.1, 0.15) is 5.82 Å². The number of carbonyl (C=O) groups excluding carboxylic acids is 2. The minimum absolute atomic E-state index is 0.105. The molecule has 7 nitrogen and oxygen atoms in total. The molecule has 2 amide bonds. The Labute approximate surface area is 200 Å². The molecule has 0 saturated heterocycles. The molecule has 34 heavy (non-hydrogen) atoms. The lowest BCUT2D eigenvalue weighted by Crippen LogP contribution is -2.28. The number of rotatable bonds is 8. The maximum atomic E-state index is 14.5. The predicted molar refractivity (Wildman–Crippen MR) is 129 cm³/mol. The van der Waals surface area contributed by atoms with Gasteiger partial charge >= 0.3 is 0 Å². The third-order valence-corrected chi connectivity index (χ3v) is 6.06. The molecule has 0 fully saturated rings. The van der Waals surface area contributed by atoms with Crippen LogP contribution in [0.1, 0.15) is 15.9 Å². The van der Waals surface area contributed by atoms with Gasteiger partial charge in [-0.2, -0.15) is 0 Å². The number of hydrogen-bond acceptors (Lipinski definition) is 5. The molecule has 4 aromatic rings. The van der Waals surface area contributed by atoms with Gasteiger partial charge < -0.3 is 10.6 Å². The Bertz CT molecular complexity index is 1330. The van der Waals surface area contributed by atoms with E-state index in [2.05, 4.69) is 10.2 Å². The standard InChI is InChI=1S/C25H22FN5O2S/c1-30(15-17-8-7-9-18(14-17)23(27)33)22(32)16-34-25-29-28-24(20-12-5-6-13-21(20)26)31(25)19-10-3-2-4-11-19/h2-14H,15-16H2,1H3,(H2,27,33). The topological polar surface area (TPSA) is 94.1 Å². The Morgan fingerprint density at radius 1 is 1.00 bits per heavy atom. The molecule has 172 valence electrons. The van der Waals surface area contributed by atoms with Crippen molar-refractivity contribution in [3.8, 4) is 17.1 Å². The van der Waals surface area contributed by atoms with Gasteiger partial charge in [0.25, 0.3) is 0 Å². The molecule has 0 aliphatic carbocycles. The minimum Gasteiger partial charge on any atom is -0.366 e. The molecule has 0 atom stereocenters. The maximum absolute atomic E-state index is 14.5. The van der Waals surface area contributed by atoms with Gasteiger partial charge in [0.15, 0.2) is 11.0 Å². The van der Waals surface area contributed by atoms with E-state index in [-0.39, 0.29) is 11.7 Å². The van der Waals surface area contributed by atoms with Gasteiger partial charge in [-0.25, -0.2) is 4.39 Å². The molecule has 0 unspecified atom stereocenters. The number of primary amides is 1. The SMILES string of the molecule is CN(Cc1cccc(C(N)=O)c1)C(=O)CSc1nnc(-c2ccccc2F)n1-c1ccccc1. The highest BCUT2D eigenvalue weighted by Gasteiger charge is 2.20. The average Bonchev–Trinajstić information content (AvgIpc) is 3.27. The number of nitrogens with two attached hydrogens (primary N) is 1. The molecule has 0 bridgehead atoms. The van der Waals surface area contributed by atoms with Crippen LogP contribution < -0.4 is 5.73 Å². The fraction of sp³-hybridized carbons (Fsp3) is 0.120. The molecular formula is C25H22FN5O2S. The Hall–Kier alpha value is -3.98. The van der Waals surface area contributed by atoms with Gasteiger partial charge in [-0.05, 0) is 42.0 Å². The summed E-state index contributed by atoms with van der Waals surface area (Å²) in [5.74, 6) is -0.593. The molecule has 0 aliphatic heterocycles. The first kappa shape index (κ1) is 23.2. The molecule has 0 saturated carbocycles. The van der Waals surface area contributed by atoms with Crippen molar-refractivity contribution < 1.29 is 14.0 Å². The van der Waals surface area contributed by atoms with Crippen LogP contribution in [0.15, 0.2) is 84.0 Å². The summed E-state index contributed by atoms with van der Waals surface area (Å²) >= 11 is 1.22. The first-order valence-electron chi connectivity index (χ1n) is 10.5. The summed E-state index contributed by atoms with van der Waals surface area (Å²) in [5, 5.41) is 8.94. The molecule has 0 spiro atoms. The van der Waals surface area contributed by atoms with E-state index >= 15 is 0 Å². The Balaban J connectivity index is 1.54. The van der Waals surface area contributed by atoms with E-state index in [0.29, 0.717) is 28.7 Å². The first-order chi connectivity index (χ1) is 16.4. The zero-order chi connectivity index (χ0) is 24.1. The van der Waals surface area contributed by atoms with Gasteiger partial charge in [-0.15, -0.1) is 10.2 Å². The molecule has 4 rings (SSSR count). The van der Waals surface area contributed by atoms with Crippen molar-refractivity contribution in [1.82, 2.24) is 19.7 Å². The minimum atomic E-state index is -0.516. The van der Waals surface area contributed by atoms with Crippen molar-refractivity contribution in [2.24, 2.45) is 5.73 Å². The van der Waals surface area contributed by atoms with E-state index in [4.69, 9.17) is 5.73 Å². The number of aromatic nitrogens is 3. The summed E-state index contributed by atoms with van der Waals surface area (Å²) in [6.07, 6.45) is 0. The smallest absolute Gasteiger partial charge is 0.248 e. The first-order valence-corrected chi connectivity index (χ1v) is 11.4. The van der Waals surface area contributed by atoms with Crippen LogP contribution in [0, 0.1) is 5.82 Å². The van der Waals surface area contributed by atoms with Crippen molar-refractivity contribution in [1.29, 1.82) is 0 Å². The Kier molecular flexibility index (Phi) is 7.03. The number of para-hydroxylation sites is 1. The van der Waals surface area contributed by atoms with Crippen LogP contribution >= 0.6 is 11.8 Å². The fourth-order valence-corrected chi connectivity index (χ4v) is 4.30. The zero-order valence-corrected chi connectivity index (χ0v) is 19.2. The number of benzene rings is 3. The highest BCUT2D eigenvalue weighted by atomic mass is 32.2. The Morgan fingerprint density at radius 3 is 2.47 bits per heavy atom. The summed E-state index contributed by atoms with van der Waals surface area (Å²) in [7, 11) is 1.69. The molecule has 0 aliphatic rings.